The number of aromatic nitrogens is 2. The van der Waals surface area contributed by atoms with Crippen LogP contribution < -0.4 is 15.0 Å². The number of benzene rings is 1. The number of nitrogens with one attached hydrogen (secondary N) is 1. The summed E-state index contributed by atoms with van der Waals surface area (Å²) < 4.78 is 5.97. The van der Waals surface area contributed by atoms with Crippen molar-refractivity contribution in [3.05, 3.63) is 60.3 Å². The van der Waals surface area contributed by atoms with E-state index in [1.807, 2.05) is 30.3 Å². The van der Waals surface area contributed by atoms with Gasteiger partial charge in [0.25, 0.3) is 5.91 Å². The van der Waals surface area contributed by atoms with Crippen molar-refractivity contribution in [2.75, 3.05) is 51.3 Å². The molecule has 180 valence electrons. The van der Waals surface area contributed by atoms with Crippen molar-refractivity contribution in [1.82, 2.24) is 25.1 Å². The summed E-state index contributed by atoms with van der Waals surface area (Å²) in [6, 6.07) is 11.9. The number of likely N-dealkylation sites (N-methyl/N-ethyl adjacent to an activating group) is 1. The van der Waals surface area contributed by atoms with Crippen LogP contribution in [0.1, 0.15) is 28.9 Å². The summed E-state index contributed by atoms with van der Waals surface area (Å²) in [4.78, 5) is 40.0. The van der Waals surface area contributed by atoms with Gasteiger partial charge in [-0.1, -0.05) is 36.9 Å². The molecule has 1 aromatic carbocycles. The van der Waals surface area contributed by atoms with Crippen molar-refractivity contribution in [2.45, 2.75) is 25.4 Å². The van der Waals surface area contributed by atoms with Gasteiger partial charge >= 0.3 is 6.01 Å². The van der Waals surface area contributed by atoms with E-state index >= 15 is 0 Å². The summed E-state index contributed by atoms with van der Waals surface area (Å²) in [5, 5.41) is 2.93. The fraction of sp³-hybridized carbons (Fsp3) is 0.440. The Hall–Kier alpha value is -3.46. The standard InChI is InChI=1S/C25H32N6O3/c1-3-23(32)31-14-12-30(13-15-31)22-16-21(24(33)26-17-19-8-5-4-6-9-19)27-25(28-22)34-18-20-10-7-11-29(20)2/h3-6,8-9,16,20H,1,7,10-15,17-18H2,2H3,(H,26,33)/t20-/m0/s1. The maximum absolute atomic E-state index is 13.0. The van der Waals surface area contributed by atoms with E-state index in [0.717, 1.165) is 24.9 Å². The van der Waals surface area contributed by atoms with Crippen LogP contribution in [0.3, 0.4) is 0 Å². The fourth-order valence-corrected chi connectivity index (χ4v) is 4.27. The van der Waals surface area contributed by atoms with Gasteiger partial charge in [-0.05, 0) is 38.1 Å². The van der Waals surface area contributed by atoms with Crippen molar-refractivity contribution < 1.29 is 14.3 Å². The number of anilines is 1. The second-order valence-corrected chi connectivity index (χ2v) is 8.67. The lowest BCUT2D eigenvalue weighted by Crippen LogP contribution is -2.48. The van der Waals surface area contributed by atoms with E-state index in [1.54, 1.807) is 11.0 Å². The first-order valence-electron chi connectivity index (χ1n) is 11.7. The van der Waals surface area contributed by atoms with E-state index in [1.165, 1.54) is 6.08 Å². The predicted octanol–water partition coefficient (Wildman–Crippen LogP) is 1.71. The monoisotopic (exact) mass is 464 g/mol. The molecule has 2 aliphatic heterocycles. The number of nitrogens with zero attached hydrogens (tertiary/aromatic N) is 5. The molecule has 0 spiro atoms. The lowest BCUT2D eigenvalue weighted by molar-refractivity contribution is -0.126. The van der Waals surface area contributed by atoms with Gasteiger partial charge < -0.3 is 24.8 Å². The molecule has 0 saturated carbocycles. The van der Waals surface area contributed by atoms with Crippen molar-refractivity contribution in [2.24, 2.45) is 0 Å². The second-order valence-electron chi connectivity index (χ2n) is 8.67. The molecule has 1 N–H and O–H groups in total. The first-order chi connectivity index (χ1) is 16.5. The molecule has 1 aromatic heterocycles. The molecule has 2 aliphatic rings. The van der Waals surface area contributed by atoms with E-state index in [0.29, 0.717) is 51.2 Å². The molecule has 2 amide bonds. The number of likely N-dealkylation sites (tertiary alicyclic amines) is 1. The van der Waals surface area contributed by atoms with E-state index in [2.05, 4.69) is 38.7 Å². The normalized spacial score (nSPS) is 18.6. The maximum Gasteiger partial charge on any atom is 0.319 e. The van der Waals surface area contributed by atoms with Gasteiger partial charge in [0.15, 0.2) is 0 Å². The molecule has 1 atom stereocenters. The number of hydrogen-bond donors (Lipinski definition) is 1. The smallest absolute Gasteiger partial charge is 0.319 e. The Balaban J connectivity index is 1.49. The summed E-state index contributed by atoms with van der Waals surface area (Å²) >= 11 is 0. The second kappa shape index (κ2) is 11.1. The molecule has 0 aliphatic carbocycles. The van der Waals surface area contributed by atoms with Gasteiger partial charge in [-0.25, -0.2) is 0 Å². The van der Waals surface area contributed by atoms with Crippen LogP contribution in [0.4, 0.5) is 5.82 Å². The van der Waals surface area contributed by atoms with Gasteiger partial charge in [0.2, 0.25) is 5.91 Å². The van der Waals surface area contributed by atoms with Crippen molar-refractivity contribution in [1.29, 1.82) is 0 Å². The highest BCUT2D eigenvalue weighted by atomic mass is 16.5. The quantitative estimate of drug-likeness (QED) is 0.595. The van der Waals surface area contributed by atoms with Crippen LogP contribution in [0.15, 0.2) is 49.1 Å². The Morgan fingerprint density at radius 1 is 1.15 bits per heavy atom. The Kier molecular flexibility index (Phi) is 7.74. The number of rotatable bonds is 8. The molecule has 3 heterocycles. The average Bonchev–Trinajstić information content (AvgIpc) is 3.30. The molecular formula is C25H32N6O3. The van der Waals surface area contributed by atoms with Crippen molar-refractivity contribution in [3.63, 3.8) is 0 Å². The van der Waals surface area contributed by atoms with E-state index in [9.17, 15) is 9.59 Å². The van der Waals surface area contributed by atoms with Gasteiger partial charge in [-0.15, -0.1) is 0 Å². The number of piperazine rings is 1. The van der Waals surface area contributed by atoms with Crippen LogP contribution in [0.2, 0.25) is 0 Å². The maximum atomic E-state index is 13.0. The zero-order valence-electron chi connectivity index (χ0n) is 19.7. The fourth-order valence-electron chi connectivity index (χ4n) is 4.27. The molecule has 4 rings (SSSR count). The number of carbonyl (C=O) groups excluding carboxylic acids is 2. The highest BCUT2D eigenvalue weighted by Gasteiger charge is 2.25. The topological polar surface area (TPSA) is 90.9 Å². The molecule has 2 saturated heterocycles. The SMILES string of the molecule is C=CC(=O)N1CCN(c2cc(C(=O)NCc3ccccc3)nc(OC[C@@H]3CCCN3C)n2)CC1. The van der Waals surface area contributed by atoms with Crippen LogP contribution >= 0.6 is 0 Å². The summed E-state index contributed by atoms with van der Waals surface area (Å²) in [5.41, 5.74) is 1.27. The molecule has 9 nitrogen and oxygen atoms in total. The number of carbonyl (C=O) groups is 2. The highest BCUT2D eigenvalue weighted by molar-refractivity contribution is 5.93. The highest BCUT2D eigenvalue weighted by Crippen LogP contribution is 2.21. The Morgan fingerprint density at radius 3 is 2.59 bits per heavy atom. The Labute approximate surface area is 200 Å². The number of hydrogen-bond acceptors (Lipinski definition) is 7. The van der Waals surface area contributed by atoms with E-state index in [-0.39, 0.29) is 23.5 Å². The molecule has 2 fully saturated rings. The molecule has 2 aromatic rings. The van der Waals surface area contributed by atoms with Gasteiger partial charge in [0.1, 0.15) is 18.1 Å². The molecule has 34 heavy (non-hydrogen) atoms. The first-order valence-corrected chi connectivity index (χ1v) is 11.7. The lowest BCUT2D eigenvalue weighted by Gasteiger charge is -2.35. The first kappa shape index (κ1) is 23.7. The zero-order valence-corrected chi connectivity index (χ0v) is 19.7. The third-order valence-corrected chi connectivity index (χ3v) is 6.39. The van der Waals surface area contributed by atoms with Gasteiger partial charge in [0, 0.05) is 44.8 Å². The molecule has 0 unspecified atom stereocenters. The summed E-state index contributed by atoms with van der Waals surface area (Å²) in [5.74, 6) is 0.268. The van der Waals surface area contributed by atoms with Crippen LogP contribution in [-0.2, 0) is 11.3 Å². The molecule has 0 bridgehead atoms. The lowest BCUT2D eigenvalue weighted by atomic mass is 10.2. The third kappa shape index (κ3) is 5.91. The summed E-state index contributed by atoms with van der Waals surface area (Å²) in [6.07, 6.45) is 3.55. The van der Waals surface area contributed by atoms with Crippen LogP contribution in [0, 0.1) is 0 Å². The van der Waals surface area contributed by atoms with Gasteiger partial charge in [-0.3, -0.25) is 9.59 Å². The largest absolute Gasteiger partial charge is 0.462 e. The van der Waals surface area contributed by atoms with Crippen LogP contribution in [0.5, 0.6) is 6.01 Å². The minimum Gasteiger partial charge on any atom is -0.462 e. The minimum absolute atomic E-state index is 0.0759. The van der Waals surface area contributed by atoms with Crippen molar-refractivity contribution >= 4 is 17.6 Å². The molecule has 9 heteroatoms. The Bertz CT molecular complexity index is 1010. The predicted molar refractivity (Wildman–Crippen MR) is 130 cm³/mol. The Morgan fingerprint density at radius 2 is 1.91 bits per heavy atom. The van der Waals surface area contributed by atoms with Crippen LogP contribution in [0.25, 0.3) is 0 Å². The van der Waals surface area contributed by atoms with Gasteiger partial charge in [0.05, 0.1) is 0 Å². The van der Waals surface area contributed by atoms with Crippen LogP contribution in [-0.4, -0.2) is 84.0 Å². The van der Waals surface area contributed by atoms with Gasteiger partial charge in [-0.2, -0.15) is 9.97 Å². The number of ether oxygens (including phenoxy) is 1. The summed E-state index contributed by atoms with van der Waals surface area (Å²) in [7, 11) is 2.09. The van der Waals surface area contributed by atoms with E-state index in [4.69, 9.17) is 4.74 Å². The average molecular weight is 465 g/mol. The third-order valence-electron chi connectivity index (χ3n) is 6.39. The minimum atomic E-state index is -0.282. The van der Waals surface area contributed by atoms with Crippen molar-refractivity contribution in [3.8, 4) is 6.01 Å². The summed E-state index contributed by atoms with van der Waals surface area (Å²) in [6.45, 7) is 7.83. The zero-order chi connectivity index (χ0) is 23.9. The molecule has 0 radical (unpaired) electrons. The van der Waals surface area contributed by atoms with E-state index < -0.39 is 0 Å². The molecular weight excluding hydrogens is 432 g/mol. The number of amides is 2.